The maximum atomic E-state index is 5.53. The highest BCUT2D eigenvalue weighted by Gasteiger charge is 2.17. The fourth-order valence-electron chi connectivity index (χ4n) is 1.82. The van der Waals surface area contributed by atoms with E-state index in [1.54, 1.807) is 0 Å². The molecule has 3 N–H and O–H groups in total. The molecule has 0 amide bonds. The van der Waals surface area contributed by atoms with Gasteiger partial charge in [-0.15, -0.1) is 5.10 Å². The molecule has 0 aromatic carbocycles. The zero-order chi connectivity index (χ0) is 9.26. The molecular weight excluding hydrogens is 166 g/mol. The second-order valence-electron chi connectivity index (χ2n) is 3.44. The molecule has 1 aliphatic rings. The van der Waals surface area contributed by atoms with Crippen LogP contribution in [-0.4, -0.2) is 27.9 Å². The number of nitrogens with zero attached hydrogens (tertiary/aromatic N) is 3. The monoisotopic (exact) mass is 181 g/mol. The molecule has 0 saturated carbocycles. The van der Waals surface area contributed by atoms with E-state index >= 15 is 0 Å². The number of aromatic nitrogens is 3. The lowest BCUT2D eigenvalue weighted by Crippen LogP contribution is -2.30. The average molecular weight is 181 g/mol. The highest BCUT2D eigenvalue weighted by atomic mass is 15.4. The van der Waals surface area contributed by atoms with Crippen molar-refractivity contribution >= 4 is 5.95 Å². The van der Waals surface area contributed by atoms with Crippen LogP contribution in [0.2, 0.25) is 0 Å². The van der Waals surface area contributed by atoms with Crippen LogP contribution in [0, 0.1) is 6.92 Å². The number of hydrogen-bond donors (Lipinski definition) is 2. The first-order chi connectivity index (χ1) is 6.27. The Hall–Kier alpha value is -1.10. The van der Waals surface area contributed by atoms with Crippen LogP contribution in [0.1, 0.15) is 24.7 Å². The first-order valence-corrected chi connectivity index (χ1v) is 4.66. The summed E-state index contributed by atoms with van der Waals surface area (Å²) in [5, 5.41) is 7.51. The smallest absolute Gasteiger partial charge is 0.239 e. The van der Waals surface area contributed by atoms with Crippen molar-refractivity contribution in [2.45, 2.75) is 25.8 Å². The van der Waals surface area contributed by atoms with Gasteiger partial charge >= 0.3 is 0 Å². The van der Waals surface area contributed by atoms with E-state index in [1.807, 2.05) is 11.6 Å². The lowest BCUT2D eigenvalue weighted by atomic mass is 10.1. The molecule has 1 aromatic rings. The van der Waals surface area contributed by atoms with Crippen molar-refractivity contribution in [3.8, 4) is 0 Å². The predicted molar refractivity (Wildman–Crippen MR) is 50.3 cm³/mol. The average Bonchev–Trinajstić information content (AvgIpc) is 2.47. The van der Waals surface area contributed by atoms with Crippen LogP contribution in [-0.2, 0) is 0 Å². The lowest BCUT2D eigenvalue weighted by Gasteiger charge is -2.23. The SMILES string of the molecule is Cc1nc(N)nn1C1CCNCC1. The minimum Gasteiger partial charge on any atom is -0.366 e. The third-order valence-electron chi connectivity index (χ3n) is 2.47. The minimum absolute atomic E-state index is 0.385. The molecule has 5 nitrogen and oxygen atoms in total. The normalized spacial score (nSPS) is 19.2. The Labute approximate surface area is 77.3 Å². The summed E-state index contributed by atoms with van der Waals surface area (Å²) in [5.74, 6) is 1.31. The number of rotatable bonds is 1. The second-order valence-corrected chi connectivity index (χ2v) is 3.44. The van der Waals surface area contributed by atoms with Gasteiger partial charge in [0.25, 0.3) is 0 Å². The van der Waals surface area contributed by atoms with E-state index in [9.17, 15) is 0 Å². The topological polar surface area (TPSA) is 68.8 Å². The molecule has 5 heteroatoms. The Morgan fingerprint density at radius 2 is 2.15 bits per heavy atom. The van der Waals surface area contributed by atoms with Crippen molar-refractivity contribution in [1.29, 1.82) is 0 Å². The van der Waals surface area contributed by atoms with E-state index in [4.69, 9.17) is 5.73 Å². The van der Waals surface area contributed by atoms with Crippen LogP contribution in [0.4, 0.5) is 5.95 Å². The van der Waals surface area contributed by atoms with Crippen molar-refractivity contribution in [2.24, 2.45) is 0 Å². The van der Waals surface area contributed by atoms with Gasteiger partial charge in [-0.1, -0.05) is 0 Å². The van der Waals surface area contributed by atoms with Gasteiger partial charge in [-0.05, 0) is 32.9 Å². The van der Waals surface area contributed by atoms with Gasteiger partial charge in [-0.3, -0.25) is 0 Å². The van der Waals surface area contributed by atoms with Crippen LogP contribution in [0.25, 0.3) is 0 Å². The highest BCUT2D eigenvalue weighted by Crippen LogP contribution is 2.18. The summed E-state index contributed by atoms with van der Waals surface area (Å²) in [7, 11) is 0. The molecule has 2 rings (SSSR count). The van der Waals surface area contributed by atoms with Crippen LogP contribution in [0.3, 0.4) is 0 Å². The number of anilines is 1. The van der Waals surface area contributed by atoms with Gasteiger partial charge in [-0.25, -0.2) is 4.68 Å². The number of nitrogens with one attached hydrogen (secondary N) is 1. The Bertz CT molecular complexity index is 287. The first-order valence-electron chi connectivity index (χ1n) is 4.66. The van der Waals surface area contributed by atoms with E-state index in [-0.39, 0.29) is 0 Å². The van der Waals surface area contributed by atoms with Crippen LogP contribution < -0.4 is 11.1 Å². The van der Waals surface area contributed by atoms with E-state index < -0.39 is 0 Å². The molecule has 1 fully saturated rings. The summed E-state index contributed by atoms with van der Waals surface area (Å²) in [6, 6.07) is 0.478. The molecule has 1 aliphatic heterocycles. The van der Waals surface area contributed by atoms with Gasteiger partial charge in [-0.2, -0.15) is 4.98 Å². The summed E-state index contributed by atoms with van der Waals surface area (Å²) < 4.78 is 1.95. The molecule has 0 aliphatic carbocycles. The lowest BCUT2D eigenvalue weighted by molar-refractivity contribution is 0.337. The molecule has 0 spiro atoms. The summed E-state index contributed by atoms with van der Waals surface area (Å²) in [6.07, 6.45) is 2.23. The van der Waals surface area contributed by atoms with Crippen LogP contribution in [0.5, 0.6) is 0 Å². The fraction of sp³-hybridized carbons (Fsp3) is 0.750. The van der Waals surface area contributed by atoms with Crippen molar-refractivity contribution in [2.75, 3.05) is 18.8 Å². The number of piperidine rings is 1. The second kappa shape index (κ2) is 3.33. The first kappa shape index (κ1) is 8.50. The Balaban J connectivity index is 2.18. The molecule has 13 heavy (non-hydrogen) atoms. The largest absolute Gasteiger partial charge is 0.366 e. The molecule has 0 atom stereocenters. The Kier molecular flexibility index (Phi) is 2.18. The van der Waals surface area contributed by atoms with Gasteiger partial charge in [0.15, 0.2) is 0 Å². The molecule has 2 heterocycles. The summed E-state index contributed by atoms with van der Waals surface area (Å²) >= 11 is 0. The minimum atomic E-state index is 0.385. The predicted octanol–water partition coefficient (Wildman–Crippen LogP) is 0.0932. The third-order valence-corrected chi connectivity index (χ3v) is 2.47. The van der Waals surface area contributed by atoms with Crippen LogP contribution in [0.15, 0.2) is 0 Å². The quantitative estimate of drug-likeness (QED) is 0.644. The van der Waals surface area contributed by atoms with E-state index in [0.29, 0.717) is 12.0 Å². The van der Waals surface area contributed by atoms with E-state index in [2.05, 4.69) is 15.4 Å². The zero-order valence-corrected chi connectivity index (χ0v) is 7.82. The van der Waals surface area contributed by atoms with Gasteiger partial charge in [0.1, 0.15) is 5.82 Å². The maximum absolute atomic E-state index is 5.53. The van der Waals surface area contributed by atoms with Crippen molar-refractivity contribution < 1.29 is 0 Å². The summed E-state index contributed by atoms with van der Waals surface area (Å²) in [4.78, 5) is 4.10. The molecule has 0 bridgehead atoms. The van der Waals surface area contributed by atoms with Crippen LogP contribution >= 0.6 is 0 Å². The summed E-state index contributed by atoms with van der Waals surface area (Å²) in [6.45, 7) is 4.07. The number of nitrogens with two attached hydrogens (primary N) is 1. The number of aryl methyl sites for hydroxylation is 1. The van der Waals surface area contributed by atoms with E-state index in [1.165, 1.54) is 0 Å². The molecule has 72 valence electrons. The van der Waals surface area contributed by atoms with Gasteiger partial charge in [0, 0.05) is 0 Å². The Morgan fingerprint density at radius 3 is 2.69 bits per heavy atom. The van der Waals surface area contributed by atoms with Crippen molar-refractivity contribution in [1.82, 2.24) is 20.1 Å². The van der Waals surface area contributed by atoms with Crippen molar-refractivity contribution in [3.63, 3.8) is 0 Å². The number of nitrogen functional groups attached to an aromatic ring is 1. The van der Waals surface area contributed by atoms with Gasteiger partial charge < -0.3 is 11.1 Å². The Morgan fingerprint density at radius 1 is 1.46 bits per heavy atom. The van der Waals surface area contributed by atoms with Crippen molar-refractivity contribution in [3.05, 3.63) is 5.82 Å². The maximum Gasteiger partial charge on any atom is 0.239 e. The van der Waals surface area contributed by atoms with Gasteiger partial charge in [0.05, 0.1) is 6.04 Å². The molecule has 0 unspecified atom stereocenters. The van der Waals surface area contributed by atoms with Gasteiger partial charge in [0.2, 0.25) is 5.95 Å². The molecule has 0 radical (unpaired) electrons. The summed E-state index contributed by atoms with van der Waals surface area (Å²) in [5.41, 5.74) is 5.53. The highest BCUT2D eigenvalue weighted by molar-refractivity contribution is 5.13. The molecular formula is C8H15N5. The standard InChI is InChI=1S/C8H15N5/c1-6-11-8(9)12-13(6)7-2-4-10-5-3-7/h7,10H,2-5H2,1H3,(H2,9,12). The van der Waals surface area contributed by atoms with E-state index in [0.717, 1.165) is 31.8 Å². The molecule has 1 aromatic heterocycles. The third kappa shape index (κ3) is 1.65. The zero-order valence-electron chi connectivity index (χ0n) is 7.82. The molecule has 1 saturated heterocycles. The fourth-order valence-corrected chi connectivity index (χ4v) is 1.82. The number of hydrogen-bond acceptors (Lipinski definition) is 4.